The largest absolute Gasteiger partial charge is 0.348 e. The number of nitrogens with one attached hydrogen (secondary N) is 3. The van der Waals surface area contributed by atoms with Gasteiger partial charge >= 0.3 is 0 Å². The second-order valence-corrected chi connectivity index (χ2v) is 4.34. The number of hydrogen-bond acceptors (Lipinski definition) is 4. The van der Waals surface area contributed by atoms with Crippen molar-refractivity contribution in [3.8, 4) is 11.5 Å². The Morgan fingerprint density at radius 3 is 2.65 bits per heavy atom. The molecule has 0 aliphatic heterocycles. The van der Waals surface area contributed by atoms with E-state index in [9.17, 15) is 4.79 Å². The lowest BCUT2D eigenvalue weighted by molar-refractivity contribution is 0.102. The van der Waals surface area contributed by atoms with Crippen molar-refractivity contribution < 1.29 is 4.79 Å². The molecule has 7 nitrogen and oxygen atoms in total. The Morgan fingerprint density at radius 2 is 1.95 bits per heavy atom. The molecule has 20 heavy (non-hydrogen) atoms. The van der Waals surface area contributed by atoms with Crippen LogP contribution in [0.4, 0.5) is 5.69 Å². The van der Waals surface area contributed by atoms with Crippen LogP contribution in [0.2, 0.25) is 0 Å². The SMILES string of the molecule is Cc1ccc(NC(=O)c2ccc(-c3nn[nH]n3)[nH]2)cc1. The van der Waals surface area contributed by atoms with Crippen molar-refractivity contribution in [2.24, 2.45) is 0 Å². The zero-order valence-corrected chi connectivity index (χ0v) is 10.7. The number of aromatic nitrogens is 5. The molecule has 3 rings (SSSR count). The van der Waals surface area contributed by atoms with Crippen molar-refractivity contribution in [1.29, 1.82) is 0 Å². The van der Waals surface area contributed by atoms with E-state index < -0.39 is 0 Å². The molecule has 0 aliphatic rings. The maximum atomic E-state index is 12.1. The van der Waals surface area contributed by atoms with Crippen LogP contribution in [0.1, 0.15) is 16.1 Å². The number of H-pyrrole nitrogens is 2. The highest BCUT2D eigenvalue weighted by Crippen LogP contribution is 2.14. The van der Waals surface area contributed by atoms with E-state index in [0.29, 0.717) is 17.2 Å². The molecule has 0 atom stereocenters. The van der Waals surface area contributed by atoms with Crippen molar-refractivity contribution in [2.75, 3.05) is 5.32 Å². The molecule has 0 bridgehead atoms. The van der Waals surface area contributed by atoms with Crippen LogP contribution < -0.4 is 5.32 Å². The molecule has 7 heteroatoms. The average molecular weight is 268 g/mol. The number of rotatable bonds is 3. The molecular weight excluding hydrogens is 256 g/mol. The number of carbonyl (C=O) groups is 1. The van der Waals surface area contributed by atoms with Crippen LogP contribution in [-0.2, 0) is 0 Å². The van der Waals surface area contributed by atoms with Crippen LogP contribution in [0.5, 0.6) is 0 Å². The van der Waals surface area contributed by atoms with Gasteiger partial charge in [-0.3, -0.25) is 4.79 Å². The topological polar surface area (TPSA) is 99.3 Å². The molecule has 0 radical (unpaired) electrons. The van der Waals surface area contributed by atoms with Crippen molar-refractivity contribution in [2.45, 2.75) is 6.92 Å². The molecule has 0 saturated carbocycles. The third kappa shape index (κ3) is 2.41. The van der Waals surface area contributed by atoms with Crippen molar-refractivity contribution in [1.82, 2.24) is 25.6 Å². The summed E-state index contributed by atoms with van der Waals surface area (Å²) in [6.45, 7) is 1.99. The molecule has 3 N–H and O–H groups in total. The van der Waals surface area contributed by atoms with Gasteiger partial charge in [0.15, 0.2) is 0 Å². The van der Waals surface area contributed by atoms with E-state index in [1.807, 2.05) is 31.2 Å². The number of benzene rings is 1. The van der Waals surface area contributed by atoms with Gasteiger partial charge in [-0.05, 0) is 36.4 Å². The predicted molar refractivity (Wildman–Crippen MR) is 73.1 cm³/mol. The molecule has 0 aliphatic carbocycles. The van der Waals surface area contributed by atoms with Gasteiger partial charge in [0.2, 0.25) is 5.82 Å². The summed E-state index contributed by atoms with van der Waals surface area (Å²) in [5.74, 6) is 0.197. The van der Waals surface area contributed by atoms with E-state index in [0.717, 1.165) is 11.3 Å². The van der Waals surface area contributed by atoms with Gasteiger partial charge < -0.3 is 10.3 Å². The summed E-state index contributed by atoms with van der Waals surface area (Å²) < 4.78 is 0. The van der Waals surface area contributed by atoms with Gasteiger partial charge in [-0.25, -0.2) is 0 Å². The van der Waals surface area contributed by atoms with Gasteiger partial charge in [0.1, 0.15) is 5.69 Å². The molecule has 2 aromatic heterocycles. The minimum Gasteiger partial charge on any atom is -0.348 e. The molecule has 0 unspecified atom stereocenters. The van der Waals surface area contributed by atoms with Crippen LogP contribution in [0.15, 0.2) is 36.4 Å². The molecule has 0 spiro atoms. The molecule has 0 saturated heterocycles. The van der Waals surface area contributed by atoms with Crippen molar-refractivity contribution >= 4 is 11.6 Å². The zero-order chi connectivity index (χ0) is 13.9. The normalized spacial score (nSPS) is 10.4. The van der Waals surface area contributed by atoms with Crippen LogP contribution in [0.3, 0.4) is 0 Å². The van der Waals surface area contributed by atoms with E-state index in [2.05, 4.69) is 30.9 Å². The minimum absolute atomic E-state index is 0.219. The smallest absolute Gasteiger partial charge is 0.272 e. The second kappa shape index (κ2) is 4.96. The summed E-state index contributed by atoms with van der Waals surface area (Å²) in [5.41, 5.74) is 2.96. The molecular formula is C13H12N6O. The number of amides is 1. The molecule has 1 aromatic carbocycles. The molecule has 2 heterocycles. The van der Waals surface area contributed by atoms with Crippen LogP contribution in [-0.4, -0.2) is 31.5 Å². The predicted octanol–water partition coefficient (Wildman–Crippen LogP) is 1.76. The first-order valence-corrected chi connectivity index (χ1v) is 6.03. The number of carbonyl (C=O) groups excluding carboxylic acids is 1. The highest BCUT2D eigenvalue weighted by molar-refractivity contribution is 6.03. The van der Waals surface area contributed by atoms with Gasteiger partial charge in [-0.15, -0.1) is 10.2 Å². The first-order valence-electron chi connectivity index (χ1n) is 6.03. The number of anilines is 1. The monoisotopic (exact) mass is 268 g/mol. The molecule has 3 aromatic rings. The van der Waals surface area contributed by atoms with Gasteiger partial charge in [0, 0.05) is 5.69 Å². The highest BCUT2D eigenvalue weighted by atomic mass is 16.1. The Hall–Kier alpha value is -2.96. The lowest BCUT2D eigenvalue weighted by atomic mass is 10.2. The molecule has 1 amide bonds. The number of aromatic amines is 2. The van der Waals surface area contributed by atoms with E-state index in [1.165, 1.54) is 0 Å². The van der Waals surface area contributed by atoms with E-state index in [-0.39, 0.29) is 5.91 Å². The Morgan fingerprint density at radius 1 is 1.15 bits per heavy atom. The van der Waals surface area contributed by atoms with Crippen molar-refractivity contribution in [3.05, 3.63) is 47.7 Å². The fourth-order valence-corrected chi connectivity index (χ4v) is 1.77. The number of nitrogens with zero attached hydrogens (tertiary/aromatic N) is 3. The lowest BCUT2D eigenvalue weighted by Gasteiger charge is -2.03. The standard InChI is InChI=1S/C13H12N6O/c1-8-2-4-9(5-3-8)14-13(20)11-7-6-10(15-11)12-16-18-19-17-12/h2-7,15H,1H3,(H,14,20)(H,16,17,18,19). The fraction of sp³-hybridized carbons (Fsp3) is 0.0769. The third-order valence-electron chi connectivity index (χ3n) is 2.83. The molecule has 100 valence electrons. The Balaban J connectivity index is 1.76. The summed E-state index contributed by atoms with van der Waals surface area (Å²) in [4.78, 5) is 15.0. The Kier molecular flexibility index (Phi) is 3.00. The van der Waals surface area contributed by atoms with Crippen LogP contribution in [0.25, 0.3) is 11.5 Å². The van der Waals surface area contributed by atoms with Gasteiger partial charge in [0.05, 0.1) is 5.69 Å². The van der Waals surface area contributed by atoms with Crippen LogP contribution in [0, 0.1) is 6.92 Å². The number of hydrogen-bond donors (Lipinski definition) is 3. The minimum atomic E-state index is -0.219. The summed E-state index contributed by atoms with van der Waals surface area (Å²) >= 11 is 0. The Bertz CT molecular complexity index is 714. The van der Waals surface area contributed by atoms with Crippen molar-refractivity contribution in [3.63, 3.8) is 0 Å². The highest BCUT2D eigenvalue weighted by Gasteiger charge is 2.11. The van der Waals surface area contributed by atoms with Crippen LogP contribution >= 0.6 is 0 Å². The number of aryl methyl sites for hydroxylation is 1. The van der Waals surface area contributed by atoms with E-state index in [1.54, 1.807) is 12.1 Å². The molecule has 0 fully saturated rings. The Labute approximate surface area is 114 Å². The first kappa shape index (κ1) is 12.1. The first-order chi connectivity index (χ1) is 9.72. The van der Waals surface area contributed by atoms with Gasteiger partial charge in [0.25, 0.3) is 5.91 Å². The summed E-state index contributed by atoms with van der Waals surface area (Å²) in [6.07, 6.45) is 0. The van der Waals surface area contributed by atoms with E-state index >= 15 is 0 Å². The number of tetrazole rings is 1. The van der Waals surface area contributed by atoms with E-state index in [4.69, 9.17) is 0 Å². The third-order valence-corrected chi connectivity index (χ3v) is 2.83. The summed E-state index contributed by atoms with van der Waals surface area (Å²) in [6, 6.07) is 11.0. The average Bonchev–Trinajstić information content (AvgIpc) is 3.11. The fourth-order valence-electron chi connectivity index (χ4n) is 1.77. The second-order valence-electron chi connectivity index (χ2n) is 4.34. The summed E-state index contributed by atoms with van der Waals surface area (Å²) in [7, 11) is 0. The van der Waals surface area contributed by atoms with Gasteiger partial charge in [-0.1, -0.05) is 17.7 Å². The lowest BCUT2D eigenvalue weighted by Crippen LogP contribution is -2.12. The maximum absolute atomic E-state index is 12.1. The quantitative estimate of drug-likeness (QED) is 0.673. The summed E-state index contributed by atoms with van der Waals surface area (Å²) in [5, 5.41) is 16.3. The maximum Gasteiger partial charge on any atom is 0.272 e. The van der Waals surface area contributed by atoms with Gasteiger partial charge in [-0.2, -0.15) is 5.21 Å². The zero-order valence-electron chi connectivity index (χ0n) is 10.7.